The van der Waals surface area contributed by atoms with Crippen molar-refractivity contribution < 1.29 is 22.7 Å². The number of amides is 2. The lowest BCUT2D eigenvalue weighted by atomic mass is 10.1. The quantitative estimate of drug-likeness (QED) is 0.353. The number of urea groups is 1. The highest BCUT2D eigenvalue weighted by molar-refractivity contribution is 5.99. The Labute approximate surface area is 220 Å². The molecule has 39 heavy (non-hydrogen) atoms. The third-order valence-corrected chi connectivity index (χ3v) is 6.42. The minimum atomic E-state index is -4.46. The molecule has 2 amide bonds. The molecule has 3 N–H and O–H groups in total. The zero-order chi connectivity index (χ0) is 27.0. The van der Waals surface area contributed by atoms with Gasteiger partial charge in [0.2, 0.25) is 0 Å². The van der Waals surface area contributed by atoms with Crippen LogP contribution in [0.4, 0.5) is 35.2 Å². The molecule has 4 aromatic rings. The first-order chi connectivity index (χ1) is 18.8. The minimum absolute atomic E-state index is 0.0557. The first-order valence-corrected chi connectivity index (χ1v) is 12.3. The zero-order valence-corrected chi connectivity index (χ0v) is 20.5. The first-order valence-electron chi connectivity index (χ1n) is 12.3. The summed E-state index contributed by atoms with van der Waals surface area (Å²) in [5.74, 6) is 0.770. The van der Waals surface area contributed by atoms with E-state index in [4.69, 9.17) is 9.72 Å². The van der Waals surface area contributed by atoms with E-state index in [2.05, 4.69) is 31.0 Å². The highest BCUT2D eigenvalue weighted by Crippen LogP contribution is 2.31. The van der Waals surface area contributed by atoms with Gasteiger partial charge < -0.3 is 25.6 Å². The average Bonchev–Trinajstić information content (AvgIpc) is 3.30. The van der Waals surface area contributed by atoms with E-state index in [1.54, 1.807) is 48.8 Å². The van der Waals surface area contributed by atoms with Gasteiger partial charge in [-0.3, -0.25) is 4.98 Å². The Hall–Kier alpha value is -4.30. The number of hydrogen-bond donors (Lipinski definition) is 3. The van der Waals surface area contributed by atoms with E-state index in [1.807, 2.05) is 4.90 Å². The number of fused-ring (bicyclic) bond motifs is 3. The minimum Gasteiger partial charge on any atom is -0.369 e. The van der Waals surface area contributed by atoms with Gasteiger partial charge in [0.15, 0.2) is 11.5 Å². The summed E-state index contributed by atoms with van der Waals surface area (Å²) in [4.78, 5) is 27.5. The number of alkyl halides is 3. The van der Waals surface area contributed by atoms with E-state index in [1.165, 1.54) is 6.20 Å². The Morgan fingerprint density at radius 1 is 1.00 bits per heavy atom. The van der Waals surface area contributed by atoms with Crippen LogP contribution in [0.25, 0.3) is 22.4 Å². The number of carbonyl (C=O) groups excluding carboxylic acids is 1. The number of carbonyl (C=O) groups is 1. The van der Waals surface area contributed by atoms with Crippen LogP contribution in [-0.2, 0) is 11.3 Å². The molecular formula is C25H24F3N9O2. The third kappa shape index (κ3) is 5.61. The molecule has 2 fully saturated rings. The molecule has 2 bridgehead atoms. The molecule has 0 aliphatic carbocycles. The van der Waals surface area contributed by atoms with Gasteiger partial charge in [0.1, 0.15) is 12.4 Å². The van der Waals surface area contributed by atoms with Crippen molar-refractivity contribution in [3.63, 3.8) is 0 Å². The second-order valence-corrected chi connectivity index (χ2v) is 9.36. The van der Waals surface area contributed by atoms with Crippen molar-refractivity contribution in [2.45, 2.75) is 24.9 Å². The highest BCUT2D eigenvalue weighted by atomic mass is 19.4. The monoisotopic (exact) mass is 539 g/mol. The lowest BCUT2D eigenvalue weighted by Crippen LogP contribution is -2.58. The number of pyridine rings is 1. The van der Waals surface area contributed by atoms with Crippen molar-refractivity contribution in [3.8, 4) is 11.4 Å². The second-order valence-electron chi connectivity index (χ2n) is 9.36. The Morgan fingerprint density at radius 3 is 2.33 bits per heavy atom. The summed E-state index contributed by atoms with van der Waals surface area (Å²) in [5.41, 5.74) is 1.78. The summed E-state index contributed by atoms with van der Waals surface area (Å²) in [6.45, 7) is 1.18. The fourth-order valence-electron chi connectivity index (χ4n) is 4.76. The maximum absolute atomic E-state index is 13.3. The standard InChI is InChI=1S/C25H24F3N9O2/c26-25(27,28)14-37-23-20(11-31-37)22(36-12-18-9-30-10-19(13-36)39-18)34-21(35-23)15-1-3-16(4-2-15)32-24(38)33-17-5-7-29-8-6-17/h1-8,11,18-19,30H,9-10,12-14H2,(H2,29,32,33,38). The number of hydrogen-bond acceptors (Lipinski definition) is 8. The van der Waals surface area contributed by atoms with Gasteiger partial charge in [-0.15, -0.1) is 0 Å². The fourth-order valence-corrected chi connectivity index (χ4v) is 4.76. The van der Waals surface area contributed by atoms with Crippen molar-refractivity contribution in [2.24, 2.45) is 0 Å². The number of benzene rings is 1. The van der Waals surface area contributed by atoms with Gasteiger partial charge in [-0.05, 0) is 36.4 Å². The number of nitrogens with zero attached hydrogens (tertiary/aromatic N) is 6. The molecule has 1 aromatic carbocycles. The molecule has 11 nitrogen and oxygen atoms in total. The summed E-state index contributed by atoms with van der Waals surface area (Å²) < 4.78 is 46.7. The van der Waals surface area contributed by atoms with Gasteiger partial charge >= 0.3 is 12.2 Å². The van der Waals surface area contributed by atoms with Crippen LogP contribution >= 0.6 is 0 Å². The normalized spacial score (nSPS) is 19.2. The zero-order valence-electron chi connectivity index (χ0n) is 20.5. The molecule has 2 saturated heterocycles. The van der Waals surface area contributed by atoms with Crippen LogP contribution in [0.5, 0.6) is 0 Å². The lowest BCUT2D eigenvalue weighted by molar-refractivity contribution is -0.141. The van der Waals surface area contributed by atoms with Crippen LogP contribution in [0, 0.1) is 0 Å². The molecule has 2 aliphatic rings. The van der Waals surface area contributed by atoms with Crippen LogP contribution < -0.4 is 20.9 Å². The second kappa shape index (κ2) is 10.1. The van der Waals surface area contributed by atoms with Gasteiger partial charge in [0.25, 0.3) is 0 Å². The summed E-state index contributed by atoms with van der Waals surface area (Å²) in [6.07, 6.45) is -0.0551. The van der Waals surface area contributed by atoms with E-state index in [0.29, 0.717) is 54.3 Å². The SMILES string of the molecule is O=C(Nc1ccncc1)Nc1ccc(-c2nc(N3CC4CNCC(C3)O4)c3cnn(CC(F)(F)F)c3n2)cc1. The average molecular weight is 540 g/mol. The summed E-state index contributed by atoms with van der Waals surface area (Å²) in [6, 6.07) is 9.64. The van der Waals surface area contributed by atoms with Crippen LogP contribution in [0.15, 0.2) is 55.0 Å². The van der Waals surface area contributed by atoms with Crippen LogP contribution in [0.3, 0.4) is 0 Å². The maximum atomic E-state index is 13.3. The van der Waals surface area contributed by atoms with Crippen LogP contribution in [0.1, 0.15) is 0 Å². The Balaban J connectivity index is 1.30. The van der Waals surface area contributed by atoms with Crippen molar-refractivity contribution in [1.29, 1.82) is 0 Å². The van der Waals surface area contributed by atoms with E-state index >= 15 is 0 Å². The third-order valence-electron chi connectivity index (χ3n) is 6.42. The molecule has 0 saturated carbocycles. The number of morpholine rings is 2. The predicted octanol–water partition coefficient (Wildman–Crippen LogP) is 3.27. The maximum Gasteiger partial charge on any atom is 0.408 e. The smallest absolute Gasteiger partial charge is 0.369 e. The molecule has 0 radical (unpaired) electrons. The molecule has 6 rings (SSSR count). The van der Waals surface area contributed by atoms with Gasteiger partial charge in [0, 0.05) is 55.5 Å². The van der Waals surface area contributed by atoms with Crippen LogP contribution in [0.2, 0.25) is 0 Å². The number of halogens is 3. The number of nitrogens with one attached hydrogen (secondary N) is 3. The number of anilines is 3. The van der Waals surface area contributed by atoms with Crippen LogP contribution in [-0.4, -0.2) is 75.3 Å². The molecule has 202 valence electrons. The van der Waals surface area contributed by atoms with E-state index in [-0.39, 0.29) is 23.7 Å². The summed E-state index contributed by atoms with van der Waals surface area (Å²) >= 11 is 0. The summed E-state index contributed by atoms with van der Waals surface area (Å²) in [7, 11) is 0. The molecular weight excluding hydrogens is 515 g/mol. The number of rotatable bonds is 5. The Morgan fingerprint density at radius 2 is 1.67 bits per heavy atom. The molecule has 2 aliphatic heterocycles. The molecule has 14 heteroatoms. The Bertz CT molecular complexity index is 1470. The predicted molar refractivity (Wildman–Crippen MR) is 137 cm³/mol. The number of ether oxygens (including phenoxy) is 1. The molecule has 2 unspecified atom stereocenters. The topological polar surface area (TPSA) is 122 Å². The van der Waals surface area contributed by atoms with Gasteiger partial charge in [0.05, 0.1) is 23.8 Å². The van der Waals surface area contributed by atoms with E-state index < -0.39 is 18.8 Å². The van der Waals surface area contributed by atoms with Crippen molar-refractivity contribution in [3.05, 3.63) is 55.0 Å². The lowest BCUT2D eigenvalue weighted by Gasteiger charge is -2.42. The van der Waals surface area contributed by atoms with E-state index in [0.717, 1.165) is 4.68 Å². The van der Waals surface area contributed by atoms with Gasteiger partial charge in [-0.1, -0.05) is 0 Å². The van der Waals surface area contributed by atoms with E-state index in [9.17, 15) is 18.0 Å². The van der Waals surface area contributed by atoms with Gasteiger partial charge in [-0.2, -0.15) is 18.3 Å². The fraction of sp³-hybridized carbons (Fsp3) is 0.320. The molecule has 2 atom stereocenters. The first kappa shape index (κ1) is 25.0. The summed E-state index contributed by atoms with van der Waals surface area (Å²) in [5, 5.41) is 13.2. The number of aromatic nitrogens is 5. The molecule has 0 spiro atoms. The largest absolute Gasteiger partial charge is 0.408 e. The Kier molecular flexibility index (Phi) is 6.48. The van der Waals surface area contributed by atoms with Gasteiger partial charge in [-0.25, -0.2) is 19.4 Å². The van der Waals surface area contributed by atoms with Crippen molar-refractivity contribution in [1.82, 2.24) is 30.0 Å². The van der Waals surface area contributed by atoms with Crippen molar-refractivity contribution >= 4 is 34.3 Å². The molecule has 5 heterocycles. The highest BCUT2D eigenvalue weighted by Gasteiger charge is 2.34. The van der Waals surface area contributed by atoms with Crippen molar-refractivity contribution in [2.75, 3.05) is 41.7 Å². The molecule has 3 aromatic heterocycles.